The van der Waals surface area contributed by atoms with E-state index in [0.29, 0.717) is 13.2 Å². The molecule has 0 N–H and O–H groups in total. The number of halogens is 1. The third kappa shape index (κ3) is 4.94. The van der Waals surface area contributed by atoms with E-state index in [1.54, 1.807) is 0 Å². The van der Waals surface area contributed by atoms with Gasteiger partial charge in [0.1, 0.15) is 0 Å². The summed E-state index contributed by atoms with van der Waals surface area (Å²) >= 11 is 2.27. The summed E-state index contributed by atoms with van der Waals surface area (Å²) in [5, 5.41) is 0. The summed E-state index contributed by atoms with van der Waals surface area (Å²) in [6, 6.07) is 8.27. The van der Waals surface area contributed by atoms with Crippen LogP contribution in [-0.2, 0) is 16.1 Å². The Kier molecular flexibility index (Phi) is 5.76. The van der Waals surface area contributed by atoms with Crippen molar-refractivity contribution in [3.05, 3.63) is 33.4 Å². The van der Waals surface area contributed by atoms with Crippen LogP contribution in [-0.4, -0.2) is 31.1 Å². The first-order chi connectivity index (χ1) is 7.61. The lowest BCUT2D eigenvalue weighted by Crippen LogP contribution is -2.26. The van der Waals surface area contributed by atoms with Crippen molar-refractivity contribution in [3.63, 3.8) is 0 Å². The van der Waals surface area contributed by atoms with Gasteiger partial charge in [-0.25, -0.2) is 0 Å². The van der Waals surface area contributed by atoms with Gasteiger partial charge in [0.05, 0.1) is 13.2 Å². The van der Waals surface area contributed by atoms with Gasteiger partial charge in [-0.05, 0) is 54.3 Å². The summed E-state index contributed by atoms with van der Waals surface area (Å²) in [7, 11) is 1.91. The van der Waals surface area contributed by atoms with Crippen LogP contribution in [0.25, 0.3) is 0 Å². The molecule has 0 aliphatic rings. The quantitative estimate of drug-likeness (QED) is 0.612. The molecule has 0 amide bonds. The monoisotopic (exact) mass is 333 g/mol. The predicted octanol–water partition coefficient (Wildman–Crippen LogP) is 2.29. The van der Waals surface area contributed by atoms with Gasteiger partial charge in [0.2, 0.25) is 0 Å². The molecule has 0 spiro atoms. The van der Waals surface area contributed by atoms with Crippen molar-refractivity contribution < 1.29 is 9.53 Å². The van der Waals surface area contributed by atoms with Crippen molar-refractivity contribution in [2.24, 2.45) is 0 Å². The number of benzene rings is 1. The minimum atomic E-state index is -0.171. The number of rotatable bonds is 5. The van der Waals surface area contributed by atoms with Gasteiger partial charge < -0.3 is 4.74 Å². The van der Waals surface area contributed by atoms with Gasteiger partial charge in [0.25, 0.3) is 0 Å². The van der Waals surface area contributed by atoms with Gasteiger partial charge in [0.15, 0.2) is 0 Å². The number of hydrogen-bond acceptors (Lipinski definition) is 3. The Bertz CT molecular complexity index is 337. The van der Waals surface area contributed by atoms with Crippen LogP contribution in [0.2, 0.25) is 0 Å². The summed E-state index contributed by atoms with van der Waals surface area (Å²) in [5.41, 5.74) is 1.20. The summed E-state index contributed by atoms with van der Waals surface area (Å²) < 4.78 is 6.10. The Morgan fingerprint density at radius 3 is 2.56 bits per heavy atom. The molecule has 0 radical (unpaired) electrons. The van der Waals surface area contributed by atoms with Crippen molar-refractivity contribution in [2.75, 3.05) is 20.2 Å². The zero-order valence-corrected chi connectivity index (χ0v) is 11.7. The highest BCUT2D eigenvalue weighted by molar-refractivity contribution is 14.1. The number of likely N-dealkylation sites (N-methyl/N-ethyl adjacent to an activating group) is 1. The van der Waals surface area contributed by atoms with E-state index in [2.05, 4.69) is 46.9 Å². The van der Waals surface area contributed by atoms with Crippen LogP contribution in [0.15, 0.2) is 24.3 Å². The molecule has 0 saturated carbocycles. The van der Waals surface area contributed by atoms with Crippen LogP contribution in [0.5, 0.6) is 0 Å². The van der Waals surface area contributed by atoms with Crippen LogP contribution < -0.4 is 0 Å². The zero-order valence-electron chi connectivity index (χ0n) is 9.57. The van der Waals surface area contributed by atoms with E-state index in [-0.39, 0.29) is 5.97 Å². The second-order valence-electron chi connectivity index (χ2n) is 3.60. The van der Waals surface area contributed by atoms with E-state index in [4.69, 9.17) is 4.74 Å². The fourth-order valence-corrected chi connectivity index (χ4v) is 1.74. The average molecular weight is 333 g/mol. The second-order valence-corrected chi connectivity index (χ2v) is 4.85. The number of hydrogen-bond donors (Lipinski definition) is 0. The molecule has 3 nitrogen and oxygen atoms in total. The summed E-state index contributed by atoms with van der Waals surface area (Å²) in [6.45, 7) is 3.35. The Morgan fingerprint density at radius 1 is 1.38 bits per heavy atom. The molecule has 0 bridgehead atoms. The standard InChI is InChI=1S/C12H16INO2/c1-3-16-12(15)9-14(2)8-10-4-6-11(13)7-5-10/h4-7H,3,8-9H2,1-2H3. The Labute approximate surface area is 110 Å². The van der Waals surface area contributed by atoms with E-state index in [9.17, 15) is 4.79 Å². The Morgan fingerprint density at radius 2 is 2.00 bits per heavy atom. The second kappa shape index (κ2) is 6.85. The van der Waals surface area contributed by atoms with E-state index in [0.717, 1.165) is 6.54 Å². The first kappa shape index (κ1) is 13.4. The minimum Gasteiger partial charge on any atom is -0.465 e. The lowest BCUT2D eigenvalue weighted by molar-refractivity contribution is -0.144. The summed E-state index contributed by atoms with van der Waals surface area (Å²) in [5.74, 6) is -0.171. The van der Waals surface area contributed by atoms with Crippen LogP contribution in [0.1, 0.15) is 12.5 Å². The molecule has 0 fully saturated rings. The third-order valence-electron chi connectivity index (χ3n) is 2.07. The molecule has 4 heteroatoms. The maximum Gasteiger partial charge on any atom is 0.320 e. The van der Waals surface area contributed by atoms with E-state index in [1.165, 1.54) is 9.13 Å². The van der Waals surface area contributed by atoms with Gasteiger partial charge in [-0.15, -0.1) is 0 Å². The number of carbonyl (C=O) groups excluding carboxylic acids is 1. The molecule has 0 aromatic heterocycles. The van der Waals surface area contributed by atoms with Gasteiger partial charge >= 0.3 is 5.97 Å². The summed E-state index contributed by atoms with van der Waals surface area (Å²) in [6.07, 6.45) is 0. The highest BCUT2D eigenvalue weighted by atomic mass is 127. The van der Waals surface area contributed by atoms with E-state index >= 15 is 0 Å². The fraction of sp³-hybridized carbons (Fsp3) is 0.417. The van der Waals surface area contributed by atoms with Crippen LogP contribution in [0.4, 0.5) is 0 Å². The van der Waals surface area contributed by atoms with Crippen LogP contribution >= 0.6 is 22.6 Å². The van der Waals surface area contributed by atoms with E-state index < -0.39 is 0 Å². The molecule has 1 aromatic carbocycles. The largest absolute Gasteiger partial charge is 0.465 e. The molecule has 0 unspecified atom stereocenters. The van der Waals surface area contributed by atoms with Crippen LogP contribution in [0, 0.1) is 3.57 Å². The SMILES string of the molecule is CCOC(=O)CN(C)Cc1ccc(I)cc1. The molecule has 88 valence electrons. The number of esters is 1. The Balaban J connectivity index is 2.42. The molecule has 0 saturated heterocycles. The van der Waals surface area contributed by atoms with Gasteiger partial charge in [0, 0.05) is 10.1 Å². The molecule has 0 heterocycles. The molecular weight excluding hydrogens is 317 g/mol. The molecule has 16 heavy (non-hydrogen) atoms. The highest BCUT2D eigenvalue weighted by Gasteiger charge is 2.07. The van der Waals surface area contributed by atoms with Gasteiger partial charge in [-0.1, -0.05) is 12.1 Å². The van der Waals surface area contributed by atoms with Crippen molar-refractivity contribution in [1.82, 2.24) is 4.90 Å². The first-order valence-electron chi connectivity index (χ1n) is 5.20. The smallest absolute Gasteiger partial charge is 0.320 e. The van der Waals surface area contributed by atoms with Crippen LogP contribution in [0.3, 0.4) is 0 Å². The third-order valence-corrected chi connectivity index (χ3v) is 2.79. The average Bonchev–Trinajstić information content (AvgIpc) is 2.21. The molecular formula is C12H16INO2. The van der Waals surface area contributed by atoms with Crippen molar-refractivity contribution in [1.29, 1.82) is 0 Å². The molecule has 0 aliphatic heterocycles. The molecule has 1 aromatic rings. The molecule has 0 aliphatic carbocycles. The van der Waals surface area contributed by atoms with Gasteiger partial charge in [-0.2, -0.15) is 0 Å². The zero-order chi connectivity index (χ0) is 12.0. The van der Waals surface area contributed by atoms with Crippen molar-refractivity contribution in [2.45, 2.75) is 13.5 Å². The van der Waals surface area contributed by atoms with Crippen molar-refractivity contribution >= 4 is 28.6 Å². The highest BCUT2D eigenvalue weighted by Crippen LogP contribution is 2.08. The lowest BCUT2D eigenvalue weighted by Gasteiger charge is -2.15. The summed E-state index contributed by atoms with van der Waals surface area (Å²) in [4.78, 5) is 13.2. The predicted molar refractivity (Wildman–Crippen MR) is 72.1 cm³/mol. The van der Waals surface area contributed by atoms with Crippen molar-refractivity contribution in [3.8, 4) is 0 Å². The minimum absolute atomic E-state index is 0.171. The maximum absolute atomic E-state index is 11.2. The Hall–Kier alpha value is -0.620. The molecule has 1 rings (SSSR count). The maximum atomic E-state index is 11.2. The molecule has 0 atom stereocenters. The lowest BCUT2D eigenvalue weighted by atomic mass is 10.2. The normalized spacial score (nSPS) is 10.5. The van der Waals surface area contributed by atoms with E-state index in [1.807, 2.05) is 18.9 Å². The van der Waals surface area contributed by atoms with Gasteiger partial charge in [-0.3, -0.25) is 9.69 Å². The first-order valence-corrected chi connectivity index (χ1v) is 6.28. The topological polar surface area (TPSA) is 29.5 Å². The number of nitrogens with zero attached hydrogens (tertiary/aromatic N) is 1. The number of carbonyl (C=O) groups is 1. The fourth-order valence-electron chi connectivity index (χ4n) is 1.38. The number of ether oxygens (including phenoxy) is 1.